The molecule has 0 heterocycles. The number of anilines is 1. The first-order valence-corrected chi connectivity index (χ1v) is 8.73. The Morgan fingerprint density at radius 3 is 2.10 bits per heavy atom. The van der Waals surface area contributed by atoms with E-state index >= 15 is 0 Å². The zero-order chi connectivity index (χ0) is 22.3. The predicted molar refractivity (Wildman–Crippen MR) is 106 cm³/mol. The van der Waals surface area contributed by atoms with Crippen molar-refractivity contribution in [3.8, 4) is 11.5 Å². The summed E-state index contributed by atoms with van der Waals surface area (Å²) in [6.45, 7) is 1.00. The Balaban J connectivity index is 2.18. The second-order valence-electron chi connectivity index (χ2n) is 6.00. The summed E-state index contributed by atoms with van der Waals surface area (Å²) in [5, 5.41) is 2.51. The standard InChI is InChI=1S/C21H21NO8/c1-12(23)13-6-8-17(18(10-13)27-2)30-11-19(24)22-16-9-14(20(25)28-3)5-7-15(16)21(26)29-4/h5-10H,11H2,1-4H3,(H,22,24). The molecule has 0 bridgehead atoms. The summed E-state index contributed by atoms with van der Waals surface area (Å²) >= 11 is 0. The van der Waals surface area contributed by atoms with Crippen molar-refractivity contribution >= 4 is 29.3 Å². The van der Waals surface area contributed by atoms with Crippen molar-refractivity contribution in [1.82, 2.24) is 0 Å². The molecule has 2 aromatic carbocycles. The molecule has 0 aliphatic carbocycles. The van der Waals surface area contributed by atoms with Crippen LogP contribution in [0, 0.1) is 0 Å². The molecule has 9 heteroatoms. The number of ether oxygens (including phenoxy) is 4. The fraction of sp³-hybridized carbons (Fsp3) is 0.238. The number of nitrogens with one attached hydrogen (secondary N) is 1. The number of hydrogen-bond donors (Lipinski definition) is 1. The largest absolute Gasteiger partial charge is 0.493 e. The highest BCUT2D eigenvalue weighted by molar-refractivity contribution is 6.03. The van der Waals surface area contributed by atoms with Crippen LogP contribution >= 0.6 is 0 Å². The topological polar surface area (TPSA) is 117 Å². The molecule has 0 atom stereocenters. The van der Waals surface area contributed by atoms with Gasteiger partial charge in [0.05, 0.1) is 38.1 Å². The Morgan fingerprint density at radius 2 is 1.50 bits per heavy atom. The van der Waals surface area contributed by atoms with Gasteiger partial charge >= 0.3 is 11.9 Å². The maximum Gasteiger partial charge on any atom is 0.339 e. The third-order valence-corrected chi connectivity index (χ3v) is 4.05. The highest BCUT2D eigenvalue weighted by Crippen LogP contribution is 2.28. The molecule has 0 fully saturated rings. The lowest BCUT2D eigenvalue weighted by molar-refractivity contribution is -0.118. The van der Waals surface area contributed by atoms with E-state index in [0.717, 1.165) is 0 Å². The molecule has 0 aliphatic heterocycles. The Bertz CT molecular complexity index is 983. The molecule has 2 aromatic rings. The van der Waals surface area contributed by atoms with Crippen molar-refractivity contribution < 1.29 is 38.1 Å². The van der Waals surface area contributed by atoms with Crippen LogP contribution in [-0.4, -0.2) is 51.6 Å². The van der Waals surface area contributed by atoms with E-state index in [0.29, 0.717) is 11.3 Å². The smallest absolute Gasteiger partial charge is 0.339 e. The molecular weight excluding hydrogens is 394 g/mol. The van der Waals surface area contributed by atoms with Gasteiger partial charge in [0.15, 0.2) is 23.9 Å². The molecule has 0 saturated carbocycles. The van der Waals surface area contributed by atoms with Gasteiger partial charge in [0, 0.05) is 5.56 Å². The minimum atomic E-state index is -0.691. The van der Waals surface area contributed by atoms with Gasteiger partial charge in [-0.3, -0.25) is 9.59 Å². The highest BCUT2D eigenvalue weighted by atomic mass is 16.5. The molecule has 0 aliphatic rings. The number of hydrogen-bond acceptors (Lipinski definition) is 8. The van der Waals surface area contributed by atoms with Crippen molar-refractivity contribution in [2.45, 2.75) is 6.92 Å². The first-order valence-electron chi connectivity index (χ1n) is 8.73. The SMILES string of the molecule is COC(=O)c1ccc(C(=O)OC)c(NC(=O)COc2ccc(C(C)=O)cc2OC)c1. The summed E-state index contributed by atoms with van der Waals surface area (Å²) in [7, 11) is 3.82. The van der Waals surface area contributed by atoms with Crippen molar-refractivity contribution in [3.05, 3.63) is 53.1 Å². The molecule has 1 amide bonds. The lowest BCUT2D eigenvalue weighted by atomic mass is 10.1. The minimum Gasteiger partial charge on any atom is -0.493 e. The van der Waals surface area contributed by atoms with Crippen LogP contribution < -0.4 is 14.8 Å². The normalized spacial score (nSPS) is 10.0. The first-order chi connectivity index (χ1) is 14.3. The monoisotopic (exact) mass is 415 g/mol. The van der Waals surface area contributed by atoms with Gasteiger partial charge in [0.2, 0.25) is 0 Å². The molecule has 0 radical (unpaired) electrons. The summed E-state index contributed by atoms with van der Waals surface area (Å²) in [6, 6.07) is 8.60. The minimum absolute atomic E-state index is 0.0573. The number of ketones is 1. The van der Waals surface area contributed by atoms with Gasteiger partial charge in [-0.05, 0) is 43.3 Å². The van der Waals surface area contributed by atoms with Crippen molar-refractivity contribution in [2.24, 2.45) is 0 Å². The Morgan fingerprint density at radius 1 is 0.833 bits per heavy atom. The van der Waals surface area contributed by atoms with E-state index in [1.54, 1.807) is 6.07 Å². The lowest BCUT2D eigenvalue weighted by Gasteiger charge is -2.13. The Kier molecular flexibility index (Phi) is 7.51. The fourth-order valence-corrected chi connectivity index (χ4v) is 2.52. The van der Waals surface area contributed by atoms with Gasteiger partial charge in [-0.2, -0.15) is 0 Å². The molecule has 30 heavy (non-hydrogen) atoms. The molecule has 0 unspecified atom stereocenters. The maximum absolute atomic E-state index is 12.4. The molecular formula is C21H21NO8. The second-order valence-corrected chi connectivity index (χ2v) is 6.00. The number of rotatable bonds is 8. The summed E-state index contributed by atoms with van der Waals surface area (Å²) in [6.07, 6.45) is 0. The average Bonchev–Trinajstić information content (AvgIpc) is 2.76. The molecule has 0 saturated heterocycles. The van der Waals surface area contributed by atoms with Crippen LogP contribution in [0.1, 0.15) is 38.0 Å². The third kappa shape index (κ3) is 5.34. The van der Waals surface area contributed by atoms with Crippen LogP contribution in [0.4, 0.5) is 5.69 Å². The van der Waals surface area contributed by atoms with Gasteiger partial charge in [0.25, 0.3) is 5.91 Å². The van der Waals surface area contributed by atoms with Gasteiger partial charge in [-0.25, -0.2) is 9.59 Å². The number of esters is 2. The maximum atomic E-state index is 12.4. The van der Waals surface area contributed by atoms with E-state index in [-0.39, 0.29) is 28.3 Å². The quantitative estimate of drug-likeness (QED) is 0.516. The molecule has 9 nitrogen and oxygen atoms in total. The van der Waals surface area contributed by atoms with Crippen LogP contribution in [0.15, 0.2) is 36.4 Å². The van der Waals surface area contributed by atoms with Crippen LogP contribution in [0.5, 0.6) is 11.5 Å². The summed E-state index contributed by atoms with van der Waals surface area (Å²) < 4.78 is 20.0. The Hall–Kier alpha value is -3.88. The van der Waals surface area contributed by atoms with E-state index < -0.39 is 24.5 Å². The number of carbonyl (C=O) groups excluding carboxylic acids is 4. The van der Waals surface area contributed by atoms with Gasteiger partial charge in [-0.15, -0.1) is 0 Å². The Labute approximate surface area is 172 Å². The third-order valence-electron chi connectivity index (χ3n) is 4.05. The lowest BCUT2D eigenvalue weighted by Crippen LogP contribution is -2.22. The van der Waals surface area contributed by atoms with Gasteiger partial charge in [-0.1, -0.05) is 0 Å². The molecule has 0 spiro atoms. The molecule has 0 aromatic heterocycles. The van der Waals surface area contributed by atoms with Crippen molar-refractivity contribution in [1.29, 1.82) is 0 Å². The zero-order valence-electron chi connectivity index (χ0n) is 16.9. The van der Waals surface area contributed by atoms with Crippen LogP contribution in [-0.2, 0) is 14.3 Å². The summed E-state index contributed by atoms with van der Waals surface area (Å²) in [5.74, 6) is -1.51. The molecule has 158 valence electrons. The van der Waals surface area contributed by atoms with Crippen molar-refractivity contribution in [3.63, 3.8) is 0 Å². The van der Waals surface area contributed by atoms with E-state index in [9.17, 15) is 19.2 Å². The van der Waals surface area contributed by atoms with E-state index in [4.69, 9.17) is 14.2 Å². The average molecular weight is 415 g/mol. The molecule has 2 rings (SSSR count). The number of amides is 1. The zero-order valence-corrected chi connectivity index (χ0v) is 16.9. The second kappa shape index (κ2) is 10.1. The van der Waals surface area contributed by atoms with Crippen LogP contribution in [0.2, 0.25) is 0 Å². The van der Waals surface area contributed by atoms with Crippen LogP contribution in [0.3, 0.4) is 0 Å². The highest BCUT2D eigenvalue weighted by Gasteiger charge is 2.18. The van der Waals surface area contributed by atoms with Crippen LogP contribution in [0.25, 0.3) is 0 Å². The van der Waals surface area contributed by atoms with E-state index in [1.165, 1.54) is 58.6 Å². The predicted octanol–water partition coefficient (Wildman–Crippen LogP) is 2.49. The number of carbonyl (C=O) groups is 4. The van der Waals surface area contributed by atoms with Gasteiger partial charge in [0.1, 0.15) is 0 Å². The van der Waals surface area contributed by atoms with Gasteiger partial charge < -0.3 is 24.3 Å². The summed E-state index contributed by atoms with van der Waals surface area (Å²) in [5.41, 5.74) is 0.702. The fourth-order valence-electron chi connectivity index (χ4n) is 2.52. The number of Topliss-reactive ketones (excluding diaryl/α,β-unsaturated/α-hetero) is 1. The number of methoxy groups -OCH3 is 3. The first kappa shape index (κ1) is 22.4. The van der Waals surface area contributed by atoms with E-state index in [1.807, 2.05) is 0 Å². The number of benzene rings is 2. The van der Waals surface area contributed by atoms with E-state index in [2.05, 4.69) is 10.1 Å². The summed E-state index contributed by atoms with van der Waals surface area (Å²) in [4.78, 5) is 47.5. The van der Waals surface area contributed by atoms with Crippen molar-refractivity contribution in [2.75, 3.05) is 33.3 Å². The molecule has 1 N–H and O–H groups in total.